The van der Waals surface area contributed by atoms with Crippen molar-refractivity contribution >= 4 is 29.1 Å². The van der Waals surface area contributed by atoms with Crippen LogP contribution in [-0.2, 0) is 9.59 Å². The van der Waals surface area contributed by atoms with Gasteiger partial charge in [0.25, 0.3) is 0 Å². The van der Waals surface area contributed by atoms with Gasteiger partial charge in [-0.1, -0.05) is 12.1 Å². The minimum atomic E-state index is -1.18. The Bertz CT molecular complexity index is 809. The fourth-order valence-corrected chi connectivity index (χ4v) is 1.71. The molecule has 1 heterocycles. The van der Waals surface area contributed by atoms with E-state index in [-0.39, 0.29) is 23.4 Å². The average Bonchev–Trinajstić information content (AvgIpc) is 2.48. The molecular weight excluding hydrogens is 292 g/mol. The van der Waals surface area contributed by atoms with Gasteiger partial charge in [-0.2, -0.15) is 0 Å². The summed E-state index contributed by atoms with van der Waals surface area (Å²) >= 11 is 0. The quantitative estimate of drug-likeness (QED) is 0.531. The fraction of sp³-hybridized carbons (Fsp3) is 0.143. The van der Waals surface area contributed by atoms with Gasteiger partial charge in [0, 0.05) is 6.21 Å². The van der Waals surface area contributed by atoms with Crippen molar-refractivity contribution in [2.75, 3.05) is 13.1 Å². The number of para-hydroxylation sites is 1. The van der Waals surface area contributed by atoms with Crippen molar-refractivity contribution in [1.82, 2.24) is 5.32 Å². The number of rotatable bonds is 5. The van der Waals surface area contributed by atoms with Crippen molar-refractivity contribution in [2.45, 2.75) is 0 Å². The lowest BCUT2D eigenvalue weighted by Crippen LogP contribution is -2.31. The summed E-state index contributed by atoms with van der Waals surface area (Å²) in [5.41, 5.74) is -0.725. The van der Waals surface area contributed by atoms with Crippen LogP contribution < -0.4 is 10.9 Å². The Balaban J connectivity index is 2.18. The third-order valence-electron chi connectivity index (χ3n) is 2.71. The number of carboxylic acids is 1. The van der Waals surface area contributed by atoms with Crippen molar-refractivity contribution in [3.63, 3.8) is 0 Å². The molecule has 0 aliphatic heterocycles. The van der Waals surface area contributed by atoms with Gasteiger partial charge in [0.05, 0.1) is 5.39 Å². The van der Waals surface area contributed by atoms with E-state index in [1.807, 2.05) is 0 Å². The van der Waals surface area contributed by atoms with Crippen molar-refractivity contribution in [3.8, 4) is 5.75 Å². The Hall–Kier alpha value is -3.16. The van der Waals surface area contributed by atoms with Crippen LogP contribution in [0, 0.1) is 0 Å². The molecule has 0 spiro atoms. The highest BCUT2D eigenvalue weighted by Gasteiger charge is 2.11. The molecule has 1 aromatic carbocycles. The summed E-state index contributed by atoms with van der Waals surface area (Å²) in [5, 5.41) is 20.9. The smallest absolute Gasteiger partial charge is 0.348 e. The summed E-state index contributed by atoms with van der Waals surface area (Å²) in [6.45, 7) is -0.892. The molecule has 0 fully saturated rings. The molecule has 22 heavy (non-hydrogen) atoms. The molecule has 2 rings (SSSR count). The number of nitrogens with one attached hydrogen (secondary N) is 1. The van der Waals surface area contributed by atoms with Crippen molar-refractivity contribution < 1.29 is 24.2 Å². The summed E-state index contributed by atoms with van der Waals surface area (Å²) in [5.74, 6) is -2.09. The maximum Gasteiger partial charge on any atom is 0.348 e. The number of aliphatic imine (C=N–C) groups is 1. The highest BCUT2D eigenvalue weighted by Crippen LogP contribution is 2.24. The maximum atomic E-state index is 11.7. The zero-order valence-electron chi connectivity index (χ0n) is 11.3. The average molecular weight is 304 g/mol. The van der Waals surface area contributed by atoms with Crippen molar-refractivity contribution in [3.05, 3.63) is 40.2 Å². The van der Waals surface area contributed by atoms with Crippen molar-refractivity contribution in [1.29, 1.82) is 0 Å². The van der Waals surface area contributed by atoms with E-state index >= 15 is 0 Å². The van der Waals surface area contributed by atoms with Crippen LogP contribution >= 0.6 is 0 Å². The Morgan fingerprint density at radius 3 is 2.77 bits per heavy atom. The second kappa shape index (κ2) is 6.53. The van der Waals surface area contributed by atoms with Crippen LogP contribution in [0.15, 0.2) is 38.5 Å². The SMILES string of the molecule is O=C(O)CNC(=O)CN=Cc1c(O)c2ccccc2oc1=O. The molecule has 0 aliphatic carbocycles. The summed E-state index contributed by atoms with van der Waals surface area (Å²) < 4.78 is 5.03. The summed E-state index contributed by atoms with van der Waals surface area (Å²) in [4.78, 5) is 37.0. The van der Waals surface area contributed by atoms with Crippen molar-refractivity contribution in [2.24, 2.45) is 4.99 Å². The molecule has 0 aliphatic rings. The molecule has 0 atom stereocenters. The van der Waals surface area contributed by atoms with Gasteiger partial charge in [-0.3, -0.25) is 14.6 Å². The molecular formula is C14H12N2O6. The molecule has 114 valence electrons. The predicted molar refractivity (Wildman–Crippen MR) is 77.3 cm³/mol. The van der Waals surface area contributed by atoms with E-state index in [9.17, 15) is 19.5 Å². The lowest BCUT2D eigenvalue weighted by atomic mass is 10.1. The van der Waals surface area contributed by atoms with Crippen LogP contribution in [0.4, 0.5) is 0 Å². The van der Waals surface area contributed by atoms with Crippen LogP contribution in [0.3, 0.4) is 0 Å². The van der Waals surface area contributed by atoms with Crippen LogP contribution in [0.5, 0.6) is 5.75 Å². The first-order valence-corrected chi connectivity index (χ1v) is 6.22. The third-order valence-corrected chi connectivity index (χ3v) is 2.71. The number of benzene rings is 1. The number of carbonyl (C=O) groups is 2. The van der Waals surface area contributed by atoms with E-state index in [4.69, 9.17) is 9.52 Å². The second-order valence-electron chi connectivity index (χ2n) is 4.29. The monoisotopic (exact) mass is 304 g/mol. The lowest BCUT2D eigenvalue weighted by Gasteiger charge is -2.02. The van der Waals surface area contributed by atoms with E-state index in [0.717, 1.165) is 6.21 Å². The van der Waals surface area contributed by atoms with Gasteiger partial charge < -0.3 is 19.9 Å². The molecule has 8 heteroatoms. The standard InChI is InChI=1S/C14H12N2O6/c17-11(16-7-12(18)19)6-15-5-9-13(20)8-3-1-2-4-10(8)22-14(9)21/h1-5,20H,6-7H2,(H,16,17)(H,18,19). The number of nitrogens with zero attached hydrogens (tertiary/aromatic N) is 1. The first-order chi connectivity index (χ1) is 10.5. The molecule has 0 unspecified atom stereocenters. The minimum Gasteiger partial charge on any atom is -0.506 e. The maximum absolute atomic E-state index is 11.7. The molecule has 1 amide bonds. The van der Waals surface area contributed by atoms with Gasteiger partial charge in [-0.05, 0) is 12.1 Å². The zero-order chi connectivity index (χ0) is 16.1. The van der Waals surface area contributed by atoms with Crippen LogP contribution in [0.25, 0.3) is 11.0 Å². The Morgan fingerprint density at radius 2 is 2.05 bits per heavy atom. The molecule has 0 radical (unpaired) electrons. The molecule has 0 saturated heterocycles. The minimum absolute atomic E-state index is 0.176. The van der Waals surface area contributed by atoms with Gasteiger partial charge in [0.15, 0.2) is 0 Å². The number of aliphatic carboxylic acids is 1. The lowest BCUT2D eigenvalue weighted by molar-refractivity contribution is -0.137. The number of carbonyl (C=O) groups excluding carboxylic acids is 1. The summed E-state index contributed by atoms with van der Waals surface area (Å²) in [6.07, 6.45) is 1.02. The Labute approximate surface area is 123 Å². The molecule has 3 N–H and O–H groups in total. The van der Waals surface area contributed by atoms with Gasteiger partial charge >= 0.3 is 11.6 Å². The first kappa shape index (κ1) is 15.2. The number of amides is 1. The zero-order valence-corrected chi connectivity index (χ0v) is 11.3. The number of fused-ring (bicyclic) bond motifs is 1. The highest BCUT2D eigenvalue weighted by atomic mass is 16.4. The summed E-state index contributed by atoms with van der Waals surface area (Å²) in [7, 11) is 0. The topological polar surface area (TPSA) is 129 Å². The third kappa shape index (κ3) is 3.48. The largest absolute Gasteiger partial charge is 0.506 e. The highest BCUT2D eigenvalue weighted by molar-refractivity contribution is 5.94. The second-order valence-corrected chi connectivity index (χ2v) is 4.29. The fourth-order valence-electron chi connectivity index (χ4n) is 1.71. The number of carboxylic acid groups (broad SMARTS) is 1. The first-order valence-electron chi connectivity index (χ1n) is 6.22. The predicted octanol–water partition coefficient (Wildman–Crippen LogP) is 0.118. The van der Waals surface area contributed by atoms with Crippen LogP contribution in [-0.4, -0.2) is 41.4 Å². The van der Waals surface area contributed by atoms with Gasteiger partial charge in [-0.15, -0.1) is 0 Å². The van der Waals surface area contributed by atoms with Crippen LogP contribution in [0.2, 0.25) is 0 Å². The normalized spacial score (nSPS) is 10.9. The Kier molecular flexibility index (Phi) is 4.52. The van der Waals surface area contributed by atoms with E-state index in [1.54, 1.807) is 18.2 Å². The van der Waals surface area contributed by atoms with E-state index < -0.39 is 24.0 Å². The molecule has 2 aromatic rings. The van der Waals surface area contributed by atoms with Gasteiger partial charge in [-0.25, -0.2) is 4.79 Å². The van der Waals surface area contributed by atoms with Crippen LogP contribution in [0.1, 0.15) is 5.56 Å². The Morgan fingerprint density at radius 1 is 1.32 bits per heavy atom. The molecule has 8 nitrogen and oxygen atoms in total. The van der Waals surface area contributed by atoms with E-state index in [0.29, 0.717) is 5.39 Å². The number of hydrogen-bond donors (Lipinski definition) is 3. The summed E-state index contributed by atoms with van der Waals surface area (Å²) in [6, 6.07) is 6.44. The van der Waals surface area contributed by atoms with E-state index in [1.165, 1.54) is 6.07 Å². The van der Waals surface area contributed by atoms with Gasteiger partial charge in [0.1, 0.15) is 30.0 Å². The number of aromatic hydroxyl groups is 1. The van der Waals surface area contributed by atoms with E-state index in [2.05, 4.69) is 10.3 Å². The molecule has 1 aromatic heterocycles. The molecule has 0 saturated carbocycles. The number of hydrogen-bond acceptors (Lipinski definition) is 6. The van der Waals surface area contributed by atoms with Gasteiger partial charge in [0.2, 0.25) is 5.91 Å². The molecule has 0 bridgehead atoms.